The number of imide groups is 2. The van der Waals surface area contributed by atoms with E-state index in [1.165, 1.54) is 20.3 Å². The largest absolute Gasteiger partial charge is 0.496 e. The minimum Gasteiger partial charge on any atom is -0.496 e. The summed E-state index contributed by atoms with van der Waals surface area (Å²) >= 11 is 3.36. The average Bonchev–Trinajstić information content (AvgIpc) is 2.65. The molecular weight excluding hydrogens is 416 g/mol. The maximum Gasteiger partial charge on any atom is 0.336 e. The minimum absolute atomic E-state index is 0.169. The van der Waals surface area contributed by atoms with Crippen molar-refractivity contribution in [3.05, 3.63) is 58.1 Å². The third kappa shape index (κ3) is 3.56. The first-order valence-electron chi connectivity index (χ1n) is 7.84. The van der Waals surface area contributed by atoms with Crippen molar-refractivity contribution in [3.8, 4) is 11.5 Å². The number of para-hydroxylation sites is 2. The summed E-state index contributed by atoms with van der Waals surface area (Å²) in [6.07, 6.45) is 1.41. The number of benzene rings is 2. The first-order chi connectivity index (χ1) is 13.0. The maximum absolute atomic E-state index is 12.9. The van der Waals surface area contributed by atoms with Crippen molar-refractivity contribution >= 4 is 45.5 Å². The van der Waals surface area contributed by atoms with Gasteiger partial charge in [0.15, 0.2) is 0 Å². The summed E-state index contributed by atoms with van der Waals surface area (Å²) in [5.41, 5.74) is 0.671. The van der Waals surface area contributed by atoms with Gasteiger partial charge in [0.1, 0.15) is 17.1 Å². The van der Waals surface area contributed by atoms with Gasteiger partial charge in [0.2, 0.25) is 0 Å². The highest BCUT2D eigenvalue weighted by Gasteiger charge is 2.38. The summed E-state index contributed by atoms with van der Waals surface area (Å²) in [5, 5.41) is 2.18. The van der Waals surface area contributed by atoms with E-state index in [2.05, 4.69) is 21.2 Å². The molecule has 3 rings (SSSR count). The molecule has 0 spiro atoms. The van der Waals surface area contributed by atoms with Gasteiger partial charge >= 0.3 is 6.03 Å². The van der Waals surface area contributed by atoms with Gasteiger partial charge in [-0.05, 0) is 51.8 Å². The normalized spacial score (nSPS) is 15.7. The van der Waals surface area contributed by atoms with Gasteiger partial charge in [-0.15, -0.1) is 0 Å². The Bertz CT molecular complexity index is 970. The highest BCUT2D eigenvalue weighted by molar-refractivity contribution is 9.10. The Kier molecular flexibility index (Phi) is 5.27. The quantitative estimate of drug-likeness (QED) is 0.594. The van der Waals surface area contributed by atoms with Gasteiger partial charge in [0, 0.05) is 0 Å². The van der Waals surface area contributed by atoms with Crippen molar-refractivity contribution in [2.45, 2.75) is 0 Å². The van der Waals surface area contributed by atoms with Gasteiger partial charge in [-0.25, -0.2) is 9.69 Å². The molecule has 0 atom stereocenters. The first-order valence-corrected chi connectivity index (χ1v) is 8.63. The van der Waals surface area contributed by atoms with Crippen LogP contribution in [0.1, 0.15) is 5.56 Å². The second-order valence-electron chi connectivity index (χ2n) is 5.52. The second-order valence-corrected chi connectivity index (χ2v) is 6.38. The number of nitrogens with one attached hydrogen (secondary N) is 1. The molecule has 1 aliphatic heterocycles. The van der Waals surface area contributed by atoms with Crippen molar-refractivity contribution in [2.24, 2.45) is 0 Å². The Balaban J connectivity index is 2.03. The number of amides is 4. The number of hydrogen-bond acceptors (Lipinski definition) is 5. The fraction of sp³-hybridized carbons (Fsp3) is 0.105. The van der Waals surface area contributed by atoms with Crippen LogP contribution in [0.15, 0.2) is 52.5 Å². The zero-order valence-electron chi connectivity index (χ0n) is 14.5. The molecule has 2 aromatic rings. The highest BCUT2D eigenvalue weighted by Crippen LogP contribution is 2.31. The van der Waals surface area contributed by atoms with Crippen LogP contribution in [0, 0.1) is 0 Å². The molecular formula is C19H15BrN2O5. The predicted octanol–water partition coefficient (Wildman–Crippen LogP) is 3.13. The van der Waals surface area contributed by atoms with Crippen molar-refractivity contribution in [3.63, 3.8) is 0 Å². The van der Waals surface area contributed by atoms with Crippen molar-refractivity contribution in [2.75, 3.05) is 19.1 Å². The van der Waals surface area contributed by atoms with Crippen LogP contribution in [0.4, 0.5) is 10.5 Å². The number of hydrogen-bond donors (Lipinski definition) is 1. The molecule has 0 unspecified atom stereocenters. The molecule has 1 heterocycles. The molecule has 0 saturated carbocycles. The van der Waals surface area contributed by atoms with Gasteiger partial charge < -0.3 is 9.47 Å². The Morgan fingerprint density at radius 1 is 1.00 bits per heavy atom. The molecule has 0 aliphatic carbocycles. The van der Waals surface area contributed by atoms with Crippen molar-refractivity contribution in [1.29, 1.82) is 0 Å². The number of rotatable bonds is 4. The van der Waals surface area contributed by atoms with E-state index in [1.807, 2.05) is 0 Å². The number of ether oxygens (including phenoxy) is 2. The van der Waals surface area contributed by atoms with Crippen LogP contribution < -0.4 is 19.7 Å². The number of barbiturate groups is 1. The average molecular weight is 431 g/mol. The monoisotopic (exact) mass is 430 g/mol. The van der Waals surface area contributed by atoms with Crippen LogP contribution in [-0.2, 0) is 9.59 Å². The zero-order valence-corrected chi connectivity index (χ0v) is 16.1. The molecule has 0 aromatic heterocycles. The van der Waals surface area contributed by atoms with Crippen molar-refractivity contribution < 1.29 is 23.9 Å². The SMILES string of the molecule is COc1ccc(/C=C2/C(=O)NC(=O)N(c3ccccc3OC)C2=O)cc1Br. The number of urea groups is 1. The maximum atomic E-state index is 12.9. The summed E-state index contributed by atoms with van der Waals surface area (Å²) < 4.78 is 11.1. The summed E-state index contributed by atoms with van der Waals surface area (Å²) in [4.78, 5) is 38.3. The molecule has 27 heavy (non-hydrogen) atoms. The number of halogens is 1. The van der Waals surface area contributed by atoms with E-state index in [-0.39, 0.29) is 11.3 Å². The van der Waals surface area contributed by atoms with Crippen LogP contribution in [-0.4, -0.2) is 32.1 Å². The van der Waals surface area contributed by atoms with E-state index in [9.17, 15) is 14.4 Å². The van der Waals surface area contributed by atoms with Gasteiger partial charge in [0.05, 0.1) is 24.4 Å². The zero-order chi connectivity index (χ0) is 19.6. The lowest BCUT2D eigenvalue weighted by Crippen LogP contribution is -2.54. The van der Waals surface area contributed by atoms with E-state index in [1.54, 1.807) is 42.5 Å². The summed E-state index contributed by atoms with van der Waals surface area (Å²) in [6, 6.07) is 10.8. The van der Waals surface area contributed by atoms with Gasteiger partial charge in [-0.2, -0.15) is 0 Å². The number of carbonyl (C=O) groups excluding carboxylic acids is 3. The second kappa shape index (κ2) is 7.63. The molecule has 8 heteroatoms. The molecule has 1 fully saturated rings. The minimum atomic E-state index is -0.831. The smallest absolute Gasteiger partial charge is 0.336 e. The van der Waals surface area contributed by atoms with E-state index in [4.69, 9.17) is 9.47 Å². The molecule has 1 N–H and O–H groups in total. The van der Waals surface area contributed by atoms with E-state index in [0.717, 1.165) is 4.90 Å². The highest BCUT2D eigenvalue weighted by atomic mass is 79.9. The molecule has 138 valence electrons. The molecule has 4 amide bonds. The Morgan fingerprint density at radius 2 is 1.70 bits per heavy atom. The lowest BCUT2D eigenvalue weighted by molar-refractivity contribution is -0.122. The van der Waals surface area contributed by atoms with Crippen molar-refractivity contribution in [1.82, 2.24) is 5.32 Å². The summed E-state index contributed by atoms with van der Waals surface area (Å²) in [7, 11) is 2.97. The number of carbonyl (C=O) groups is 3. The summed E-state index contributed by atoms with van der Waals surface area (Å²) in [6.45, 7) is 0. The first kappa shape index (κ1) is 18.7. The lowest BCUT2D eigenvalue weighted by atomic mass is 10.1. The van der Waals surface area contributed by atoms with Gasteiger partial charge in [-0.1, -0.05) is 18.2 Å². The Hall–Kier alpha value is -3.13. The Morgan fingerprint density at radius 3 is 2.37 bits per heavy atom. The molecule has 1 saturated heterocycles. The van der Waals surface area contributed by atoms with Crippen LogP contribution in [0.2, 0.25) is 0 Å². The van der Waals surface area contributed by atoms with Crippen LogP contribution in [0.3, 0.4) is 0 Å². The molecule has 0 bridgehead atoms. The fourth-order valence-electron chi connectivity index (χ4n) is 2.63. The fourth-order valence-corrected chi connectivity index (χ4v) is 3.19. The molecule has 0 radical (unpaired) electrons. The van der Waals surface area contributed by atoms with Crippen LogP contribution >= 0.6 is 15.9 Å². The van der Waals surface area contributed by atoms with E-state index >= 15 is 0 Å². The van der Waals surface area contributed by atoms with E-state index in [0.29, 0.717) is 21.5 Å². The Labute approximate surface area is 163 Å². The van der Waals surface area contributed by atoms with Crippen LogP contribution in [0.5, 0.6) is 11.5 Å². The standard InChI is InChI=1S/C19H15BrN2O5/c1-26-15-8-7-11(10-13(15)20)9-12-17(23)21-19(25)22(18(12)24)14-5-3-4-6-16(14)27-2/h3-10H,1-2H3,(H,21,23,25)/b12-9-. The number of nitrogens with zero attached hydrogens (tertiary/aromatic N) is 1. The molecule has 7 nitrogen and oxygen atoms in total. The molecule has 1 aliphatic rings. The van der Waals surface area contributed by atoms with E-state index < -0.39 is 17.8 Å². The lowest BCUT2D eigenvalue weighted by Gasteiger charge is -2.27. The van der Waals surface area contributed by atoms with Gasteiger partial charge in [-0.3, -0.25) is 14.9 Å². The topological polar surface area (TPSA) is 84.9 Å². The predicted molar refractivity (Wildman–Crippen MR) is 103 cm³/mol. The molecule has 2 aromatic carbocycles. The third-order valence-corrected chi connectivity index (χ3v) is 4.53. The van der Waals surface area contributed by atoms with Crippen LogP contribution in [0.25, 0.3) is 6.08 Å². The van der Waals surface area contributed by atoms with Gasteiger partial charge in [0.25, 0.3) is 11.8 Å². The number of anilines is 1. The number of methoxy groups -OCH3 is 2. The summed E-state index contributed by atoms with van der Waals surface area (Å²) in [5.74, 6) is -0.549. The third-order valence-electron chi connectivity index (χ3n) is 3.91.